The maximum atomic E-state index is 12.9. The van der Waals surface area contributed by atoms with E-state index in [4.69, 9.17) is 11.6 Å². The van der Waals surface area contributed by atoms with Crippen LogP contribution >= 0.6 is 11.6 Å². The Morgan fingerprint density at radius 2 is 1.69 bits per heavy atom. The maximum absolute atomic E-state index is 12.9. The van der Waals surface area contributed by atoms with Crippen LogP contribution in [-0.4, -0.2) is 65.5 Å². The van der Waals surface area contributed by atoms with E-state index in [0.29, 0.717) is 12.2 Å². The van der Waals surface area contributed by atoms with Gasteiger partial charge in [0.25, 0.3) is 0 Å². The highest BCUT2D eigenvalue weighted by Gasteiger charge is 2.42. The van der Waals surface area contributed by atoms with Crippen molar-refractivity contribution in [3.05, 3.63) is 46.5 Å². The molecular weight excluding hydrogens is 589 g/mol. The number of benzene rings is 1. The fourth-order valence-electron chi connectivity index (χ4n) is 3.49. The SMILES string of the molecule is CCCCc1nc(Cl)c(CO)n1Cc1ccc(S(=O)(=O)N(C)[C@H](C(=O)O)C(C)C)cc1.NS(=O)(=O)C(F)(F)F. The van der Waals surface area contributed by atoms with E-state index in [-0.39, 0.29) is 22.6 Å². The van der Waals surface area contributed by atoms with Crippen molar-refractivity contribution in [2.24, 2.45) is 11.1 Å². The van der Waals surface area contributed by atoms with Crippen LogP contribution in [0.25, 0.3) is 0 Å². The van der Waals surface area contributed by atoms with Gasteiger partial charge in [-0.2, -0.15) is 17.5 Å². The number of aliphatic hydroxyl groups excluding tert-OH is 1. The molecule has 0 bridgehead atoms. The molecule has 1 aromatic heterocycles. The molecule has 1 heterocycles. The quantitative estimate of drug-likeness (QED) is 0.344. The van der Waals surface area contributed by atoms with Gasteiger partial charge in [0.15, 0.2) is 5.15 Å². The highest BCUT2D eigenvalue weighted by molar-refractivity contribution is 7.90. The monoisotopic (exact) mass is 620 g/mol. The van der Waals surface area contributed by atoms with E-state index in [9.17, 15) is 45.0 Å². The molecule has 17 heteroatoms. The zero-order valence-electron chi connectivity index (χ0n) is 21.7. The highest BCUT2D eigenvalue weighted by Crippen LogP contribution is 2.24. The summed E-state index contributed by atoms with van der Waals surface area (Å²) in [4.78, 5) is 15.9. The Labute approximate surface area is 230 Å². The number of hydrogen-bond donors (Lipinski definition) is 3. The molecule has 2 aromatic rings. The molecular formula is C22H32ClF3N4O7S2. The van der Waals surface area contributed by atoms with Crippen molar-refractivity contribution in [3.8, 4) is 0 Å². The first-order chi connectivity index (χ1) is 17.8. The second-order valence-corrected chi connectivity index (χ2v) is 12.7. The number of alkyl halides is 3. The predicted octanol–water partition coefficient (Wildman–Crippen LogP) is 2.94. The van der Waals surface area contributed by atoms with Crippen LogP contribution in [0.1, 0.15) is 50.7 Å². The number of likely N-dealkylation sites (N-methyl/N-ethyl adjacent to an activating group) is 1. The van der Waals surface area contributed by atoms with E-state index in [1.807, 2.05) is 4.57 Å². The molecule has 0 unspecified atom stereocenters. The normalized spacial score (nSPS) is 13.3. The van der Waals surface area contributed by atoms with Crippen LogP contribution in [0.5, 0.6) is 0 Å². The Bertz CT molecular complexity index is 1330. The number of aliphatic hydroxyl groups is 1. The van der Waals surface area contributed by atoms with Gasteiger partial charge in [-0.05, 0) is 30.0 Å². The van der Waals surface area contributed by atoms with Crippen molar-refractivity contribution < 1.29 is 45.0 Å². The van der Waals surface area contributed by atoms with Gasteiger partial charge in [-0.3, -0.25) is 4.79 Å². The number of nitrogens with zero attached hydrogens (tertiary/aromatic N) is 3. The first-order valence-corrected chi connectivity index (χ1v) is 14.9. The maximum Gasteiger partial charge on any atom is 0.511 e. The van der Waals surface area contributed by atoms with E-state index in [1.54, 1.807) is 26.0 Å². The average Bonchev–Trinajstić information content (AvgIpc) is 3.10. The number of sulfonamides is 2. The number of unbranched alkanes of at least 4 members (excludes halogenated alkanes) is 1. The first kappa shape index (κ1) is 34.8. The van der Waals surface area contributed by atoms with Crippen LogP contribution in [0, 0.1) is 5.92 Å². The lowest BCUT2D eigenvalue weighted by Gasteiger charge is -2.27. The summed E-state index contributed by atoms with van der Waals surface area (Å²) < 4.78 is 79.8. The zero-order chi connectivity index (χ0) is 30.3. The first-order valence-electron chi connectivity index (χ1n) is 11.5. The van der Waals surface area contributed by atoms with Crippen LogP contribution in [0.3, 0.4) is 0 Å². The van der Waals surface area contributed by atoms with Gasteiger partial charge in [-0.1, -0.05) is 50.9 Å². The topological polar surface area (TPSA) is 173 Å². The molecule has 0 aliphatic heterocycles. The van der Waals surface area contributed by atoms with Gasteiger partial charge in [0.1, 0.15) is 11.9 Å². The standard InChI is InChI=1S/C21H30ClN3O5S.CH2F3NO2S/c1-5-6-7-18-23-20(22)17(13-26)25(18)12-15-8-10-16(11-9-15)31(29,30)24(4)19(14(2)3)21(27)28;2-1(3,4)8(5,6)7/h8-11,14,19,26H,5-7,12-13H2,1-4H3,(H,27,28);(H2,5,6,7)/t19-;/m0./s1. The molecule has 0 aliphatic rings. The summed E-state index contributed by atoms with van der Waals surface area (Å²) in [7, 11) is -8.03. The van der Waals surface area contributed by atoms with Crippen molar-refractivity contribution in [2.75, 3.05) is 7.05 Å². The largest absolute Gasteiger partial charge is 0.511 e. The number of carbonyl (C=O) groups is 1. The Hall–Kier alpha value is -2.24. The number of aryl methyl sites for hydroxylation is 1. The fraction of sp³-hybridized carbons (Fsp3) is 0.545. The van der Waals surface area contributed by atoms with Crippen LogP contribution in [0.2, 0.25) is 5.15 Å². The Balaban J connectivity index is 0.000000824. The summed E-state index contributed by atoms with van der Waals surface area (Å²) in [5.74, 6) is -0.805. The number of carboxylic acid groups (broad SMARTS) is 1. The summed E-state index contributed by atoms with van der Waals surface area (Å²) in [5, 5.41) is 23.0. The van der Waals surface area contributed by atoms with Crippen molar-refractivity contribution in [3.63, 3.8) is 0 Å². The number of carboxylic acids is 1. The van der Waals surface area contributed by atoms with E-state index >= 15 is 0 Å². The lowest BCUT2D eigenvalue weighted by atomic mass is 10.1. The molecule has 0 saturated heterocycles. The molecule has 0 radical (unpaired) electrons. The second kappa shape index (κ2) is 13.9. The van der Waals surface area contributed by atoms with Crippen molar-refractivity contribution >= 4 is 37.6 Å². The summed E-state index contributed by atoms with van der Waals surface area (Å²) >= 11 is 6.17. The average molecular weight is 621 g/mol. The number of aromatic nitrogens is 2. The lowest BCUT2D eigenvalue weighted by molar-refractivity contribution is -0.142. The van der Waals surface area contributed by atoms with E-state index < -0.39 is 37.6 Å². The Kier molecular flexibility index (Phi) is 12.4. The van der Waals surface area contributed by atoms with Crippen LogP contribution in [0.15, 0.2) is 29.2 Å². The van der Waals surface area contributed by atoms with Gasteiger partial charge in [0.2, 0.25) is 10.0 Å². The number of imidazole rings is 1. The van der Waals surface area contributed by atoms with Gasteiger partial charge in [0, 0.05) is 20.0 Å². The molecule has 0 fully saturated rings. The molecule has 0 amide bonds. The number of hydrogen-bond acceptors (Lipinski definition) is 7. The second-order valence-electron chi connectivity index (χ2n) is 8.80. The number of primary sulfonamides is 1. The summed E-state index contributed by atoms with van der Waals surface area (Å²) in [5.41, 5.74) is -3.99. The Morgan fingerprint density at radius 3 is 2.08 bits per heavy atom. The molecule has 11 nitrogen and oxygen atoms in total. The molecule has 39 heavy (non-hydrogen) atoms. The number of halogens is 4. The van der Waals surface area contributed by atoms with E-state index in [1.165, 1.54) is 19.2 Å². The minimum Gasteiger partial charge on any atom is -0.480 e. The Morgan fingerprint density at radius 1 is 1.18 bits per heavy atom. The predicted molar refractivity (Wildman–Crippen MR) is 138 cm³/mol. The van der Waals surface area contributed by atoms with Gasteiger partial charge < -0.3 is 14.8 Å². The number of rotatable bonds is 11. The molecule has 0 spiro atoms. The van der Waals surface area contributed by atoms with Crippen molar-refractivity contribution in [1.82, 2.24) is 13.9 Å². The molecule has 1 aromatic carbocycles. The van der Waals surface area contributed by atoms with Crippen LogP contribution in [-0.2, 0) is 44.4 Å². The number of nitrogens with two attached hydrogens (primary N) is 1. The minimum absolute atomic E-state index is 0.0166. The van der Waals surface area contributed by atoms with E-state index in [0.717, 1.165) is 35.0 Å². The van der Waals surface area contributed by atoms with Crippen molar-refractivity contribution in [2.45, 2.75) is 69.6 Å². The minimum atomic E-state index is -5.34. The third kappa shape index (κ3) is 9.14. The zero-order valence-corrected chi connectivity index (χ0v) is 24.1. The number of aliphatic carboxylic acids is 1. The third-order valence-corrected chi connectivity index (χ3v) is 8.35. The summed E-state index contributed by atoms with van der Waals surface area (Å²) in [6.45, 7) is 5.54. The van der Waals surface area contributed by atoms with Gasteiger partial charge in [-0.15, -0.1) is 0 Å². The van der Waals surface area contributed by atoms with Gasteiger partial charge >= 0.3 is 21.5 Å². The lowest BCUT2D eigenvalue weighted by Crippen LogP contribution is -2.45. The van der Waals surface area contributed by atoms with Gasteiger partial charge in [0.05, 0.1) is 17.2 Å². The third-order valence-electron chi connectivity index (χ3n) is 5.55. The van der Waals surface area contributed by atoms with Crippen molar-refractivity contribution in [1.29, 1.82) is 0 Å². The molecule has 4 N–H and O–H groups in total. The fourth-order valence-corrected chi connectivity index (χ4v) is 5.20. The molecule has 1 atom stereocenters. The molecule has 0 saturated carbocycles. The summed E-state index contributed by atoms with van der Waals surface area (Å²) in [6.07, 6.45) is 2.65. The smallest absolute Gasteiger partial charge is 0.480 e. The highest BCUT2D eigenvalue weighted by atomic mass is 35.5. The molecule has 0 aliphatic carbocycles. The van der Waals surface area contributed by atoms with Crippen LogP contribution in [0.4, 0.5) is 13.2 Å². The molecule has 222 valence electrons. The van der Waals surface area contributed by atoms with Crippen LogP contribution < -0.4 is 5.14 Å². The summed E-state index contributed by atoms with van der Waals surface area (Å²) in [6, 6.07) is 5.10. The van der Waals surface area contributed by atoms with E-state index in [2.05, 4.69) is 17.0 Å². The van der Waals surface area contributed by atoms with Gasteiger partial charge in [-0.25, -0.2) is 27.0 Å². The molecule has 2 rings (SSSR count).